The molecule has 9 nitrogen and oxygen atoms in total. The molecule has 0 unspecified atom stereocenters. The van der Waals surface area contributed by atoms with Crippen molar-refractivity contribution in [3.05, 3.63) is 77.6 Å². The van der Waals surface area contributed by atoms with Crippen LogP contribution in [0, 0.1) is 5.82 Å². The topological polar surface area (TPSA) is 115 Å². The molecule has 3 N–H and O–H groups in total. The highest BCUT2D eigenvalue weighted by Gasteiger charge is 2.20. The highest BCUT2D eigenvalue weighted by molar-refractivity contribution is 6.09. The van der Waals surface area contributed by atoms with E-state index < -0.39 is 23.7 Å². The molecule has 3 aromatic carbocycles. The number of urea groups is 1. The lowest BCUT2D eigenvalue weighted by molar-refractivity contribution is 0.0527. The minimum Gasteiger partial charge on any atom is -0.493 e. The number of anilines is 3. The second-order valence-electron chi connectivity index (χ2n) is 7.09. The number of ether oxygens (including phenoxy) is 3. The van der Waals surface area contributed by atoms with Crippen molar-refractivity contribution in [2.45, 2.75) is 6.92 Å². The van der Waals surface area contributed by atoms with Gasteiger partial charge in [0.25, 0.3) is 5.91 Å². The van der Waals surface area contributed by atoms with Crippen molar-refractivity contribution in [2.75, 3.05) is 36.8 Å². The molecule has 0 heterocycles. The van der Waals surface area contributed by atoms with E-state index in [-0.39, 0.29) is 23.4 Å². The fourth-order valence-corrected chi connectivity index (χ4v) is 3.09. The van der Waals surface area contributed by atoms with Gasteiger partial charge in [0, 0.05) is 29.1 Å². The monoisotopic (exact) mass is 481 g/mol. The van der Waals surface area contributed by atoms with Crippen molar-refractivity contribution >= 4 is 35.0 Å². The van der Waals surface area contributed by atoms with Crippen LogP contribution in [0.3, 0.4) is 0 Å². The molecule has 0 aliphatic heterocycles. The summed E-state index contributed by atoms with van der Waals surface area (Å²) in [6, 6.07) is 13.8. The van der Waals surface area contributed by atoms with Gasteiger partial charge in [0.15, 0.2) is 11.5 Å². The maximum absolute atomic E-state index is 13.0. The smallest absolute Gasteiger partial charge is 0.340 e. The lowest BCUT2D eigenvalue weighted by Crippen LogP contribution is -2.19. The molecule has 3 aromatic rings. The lowest BCUT2D eigenvalue weighted by Gasteiger charge is -2.15. The minimum absolute atomic E-state index is 0.105. The van der Waals surface area contributed by atoms with Crippen LogP contribution in [0.2, 0.25) is 0 Å². The maximum atomic E-state index is 13.0. The van der Waals surface area contributed by atoms with Gasteiger partial charge in [0.2, 0.25) is 0 Å². The molecule has 0 radical (unpaired) electrons. The summed E-state index contributed by atoms with van der Waals surface area (Å²) >= 11 is 0. The SMILES string of the molecule is CCOC(=O)c1cc(OC)c(OC)cc1NC(=O)c1ccc(NC(=O)Nc2ccc(F)cc2)cc1. The van der Waals surface area contributed by atoms with Crippen LogP contribution >= 0.6 is 0 Å². The highest BCUT2D eigenvalue weighted by Crippen LogP contribution is 2.34. The van der Waals surface area contributed by atoms with Crippen molar-refractivity contribution in [1.29, 1.82) is 0 Å². The first kappa shape index (κ1) is 25.0. The van der Waals surface area contributed by atoms with Crippen molar-refractivity contribution < 1.29 is 33.0 Å². The number of hydrogen-bond acceptors (Lipinski definition) is 6. The van der Waals surface area contributed by atoms with Gasteiger partial charge in [0.1, 0.15) is 5.82 Å². The molecule has 3 rings (SSSR count). The Morgan fingerprint density at radius 2 is 1.34 bits per heavy atom. The fourth-order valence-electron chi connectivity index (χ4n) is 3.09. The van der Waals surface area contributed by atoms with Crippen LogP contribution in [0.4, 0.5) is 26.2 Å². The Labute approximate surface area is 201 Å². The summed E-state index contributed by atoms with van der Waals surface area (Å²) in [6.07, 6.45) is 0. The quantitative estimate of drug-likeness (QED) is 0.394. The van der Waals surface area contributed by atoms with Crippen LogP contribution in [0.1, 0.15) is 27.6 Å². The normalized spacial score (nSPS) is 10.2. The molecule has 0 aliphatic rings. The third-order valence-electron chi connectivity index (χ3n) is 4.77. The maximum Gasteiger partial charge on any atom is 0.340 e. The number of amides is 3. The Morgan fingerprint density at radius 1 is 0.800 bits per heavy atom. The molecule has 0 aromatic heterocycles. The number of methoxy groups -OCH3 is 2. The predicted octanol–water partition coefficient (Wildman–Crippen LogP) is 4.92. The molecule has 0 atom stereocenters. The van der Waals surface area contributed by atoms with Gasteiger partial charge in [0.05, 0.1) is 32.1 Å². The summed E-state index contributed by atoms with van der Waals surface area (Å²) in [7, 11) is 2.87. The Bertz CT molecular complexity index is 1210. The Balaban J connectivity index is 1.72. The summed E-state index contributed by atoms with van der Waals surface area (Å²) in [5, 5.41) is 7.88. The second-order valence-corrected chi connectivity index (χ2v) is 7.09. The summed E-state index contributed by atoms with van der Waals surface area (Å²) in [4.78, 5) is 37.4. The Kier molecular flexibility index (Phi) is 8.23. The molecule has 0 saturated carbocycles. The molecule has 0 bridgehead atoms. The molecule has 0 spiro atoms. The number of halogens is 1. The molecule has 3 amide bonds. The minimum atomic E-state index is -0.629. The number of nitrogens with one attached hydrogen (secondary N) is 3. The van der Waals surface area contributed by atoms with Gasteiger partial charge in [-0.05, 0) is 55.5 Å². The van der Waals surface area contributed by atoms with Crippen LogP contribution in [0.25, 0.3) is 0 Å². The number of carbonyl (C=O) groups is 3. The van der Waals surface area contributed by atoms with E-state index >= 15 is 0 Å². The fraction of sp³-hybridized carbons (Fsp3) is 0.160. The second kappa shape index (κ2) is 11.5. The van der Waals surface area contributed by atoms with E-state index in [0.717, 1.165) is 0 Å². The molecule has 0 fully saturated rings. The largest absolute Gasteiger partial charge is 0.493 e. The van der Waals surface area contributed by atoms with E-state index in [2.05, 4.69) is 16.0 Å². The molecule has 182 valence electrons. The van der Waals surface area contributed by atoms with E-state index in [4.69, 9.17) is 14.2 Å². The van der Waals surface area contributed by atoms with E-state index in [9.17, 15) is 18.8 Å². The van der Waals surface area contributed by atoms with Gasteiger partial charge in [-0.2, -0.15) is 0 Å². The average Bonchev–Trinajstić information content (AvgIpc) is 2.85. The standard InChI is InChI=1S/C25H24FN3O6/c1-4-35-24(31)19-13-21(33-2)22(34-3)14-20(19)29-23(30)15-5-9-17(10-6-15)27-25(32)28-18-11-7-16(26)8-12-18/h5-14H,4H2,1-3H3,(H,29,30)(H2,27,28,32). The average molecular weight is 481 g/mol. The first-order valence-corrected chi connectivity index (χ1v) is 10.5. The van der Waals surface area contributed by atoms with Gasteiger partial charge in [-0.1, -0.05) is 0 Å². The number of carbonyl (C=O) groups excluding carboxylic acids is 3. The summed E-state index contributed by atoms with van der Waals surface area (Å²) in [6.45, 7) is 1.83. The number of benzene rings is 3. The van der Waals surface area contributed by atoms with Gasteiger partial charge in [-0.25, -0.2) is 14.0 Å². The van der Waals surface area contributed by atoms with Crippen LogP contribution in [-0.2, 0) is 4.74 Å². The predicted molar refractivity (Wildman–Crippen MR) is 129 cm³/mol. The zero-order valence-electron chi connectivity index (χ0n) is 19.3. The number of rotatable bonds is 8. The Morgan fingerprint density at radius 3 is 1.89 bits per heavy atom. The van der Waals surface area contributed by atoms with Crippen LogP contribution in [0.15, 0.2) is 60.7 Å². The van der Waals surface area contributed by atoms with E-state index in [1.165, 1.54) is 62.8 Å². The van der Waals surface area contributed by atoms with Crippen LogP contribution < -0.4 is 25.4 Å². The summed E-state index contributed by atoms with van der Waals surface area (Å²) < 4.78 is 28.6. The van der Waals surface area contributed by atoms with Crippen molar-refractivity contribution in [3.63, 3.8) is 0 Å². The molecule has 0 aliphatic carbocycles. The molecular weight excluding hydrogens is 457 g/mol. The summed E-state index contributed by atoms with van der Waals surface area (Å²) in [5.74, 6) is -0.904. The first-order chi connectivity index (χ1) is 16.8. The van der Waals surface area contributed by atoms with Crippen LogP contribution in [0.5, 0.6) is 11.5 Å². The highest BCUT2D eigenvalue weighted by atomic mass is 19.1. The van der Waals surface area contributed by atoms with E-state index in [1.54, 1.807) is 19.1 Å². The van der Waals surface area contributed by atoms with Gasteiger partial charge < -0.3 is 30.2 Å². The zero-order valence-corrected chi connectivity index (χ0v) is 19.3. The molecule has 35 heavy (non-hydrogen) atoms. The van der Waals surface area contributed by atoms with Crippen molar-refractivity contribution in [3.8, 4) is 11.5 Å². The van der Waals surface area contributed by atoms with Crippen molar-refractivity contribution in [2.24, 2.45) is 0 Å². The van der Waals surface area contributed by atoms with E-state index in [1.807, 2.05) is 0 Å². The number of esters is 1. The van der Waals surface area contributed by atoms with Crippen LogP contribution in [-0.4, -0.2) is 38.7 Å². The van der Waals surface area contributed by atoms with Gasteiger partial charge >= 0.3 is 12.0 Å². The zero-order chi connectivity index (χ0) is 25.4. The van der Waals surface area contributed by atoms with E-state index in [0.29, 0.717) is 22.9 Å². The summed E-state index contributed by atoms with van der Waals surface area (Å²) in [5.41, 5.74) is 1.42. The third kappa shape index (κ3) is 6.47. The molecule has 10 heteroatoms. The molecule has 0 saturated heterocycles. The lowest BCUT2D eigenvalue weighted by atomic mass is 10.1. The Hall–Kier alpha value is -4.60. The van der Waals surface area contributed by atoms with Gasteiger partial charge in [-0.15, -0.1) is 0 Å². The molecular formula is C25H24FN3O6. The van der Waals surface area contributed by atoms with Crippen molar-refractivity contribution in [1.82, 2.24) is 0 Å². The third-order valence-corrected chi connectivity index (χ3v) is 4.77. The first-order valence-electron chi connectivity index (χ1n) is 10.5. The number of hydrogen-bond donors (Lipinski definition) is 3. The van der Waals surface area contributed by atoms with Gasteiger partial charge in [-0.3, -0.25) is 4.79 Å².